The van der Waals surface area contributed by atoms with Crippen molar-refractivity contribution in [3.63, 3.8) is 0 Å². The molecule has 5 heteroatoms. The van der Waals surface area contributed by atoms with Crippen LogP contribution in [-0.4, -0.2) is 18.4 Å². The second kappa shape index (κ2) is 7.17. The van der Waals surface area contributed by atoms with Gasteiger partial charge in [-0.25, -0.2) is 0 Å². The van der Waals surface area contributed by atoms with Crippen LogP contribution in [0.5, 0.6) is 5.75 Å². The van der Waals surface area contributed by atoms with Crippen molar-refractivity contribution in [2.45, 2.75) is 26.2 Å². The fourth-order valence-electron chi connectivity index (χ4n) is 2.71. The maximum atomic E-state index is 12.3. The van der Waals surface area contributed by atoms with Gasteiger partial charge < -0.3 is 15.4 Å². The maximum absolute atomic E-state index is 12.3. The molecule has 0 saturated carbocycles. The molecule has 2 N–H and O–H groups in total. The van der Waals surface area contributed by atoms with Gasteiger partial charge in [-0.05, 0) is 35.7 Å². The van der Waals surface area contributed by atoms with Crippen molar-refractivity contribution >= 4 is 23.2 Å². The maximum Gasteiger partial charge on any atom is 0.228 e. The van der Waals surface area contributed by atoms with Crippen molar-refractivity contribution in [2.24, 2.45) is 0 Å². The highest BCUT2D eigenvalue weighted by Gasteiger charge is 2.15. The summed E-state index contributed by atoms with van der Waals surface area (Å²) in [6.45, 7) is 2.42. The minimum atomic E-state index is -0.0864. The molecule has 2 aromatic carbocycles. The number of benzene rings is 2. The Morgan fingerprint density at radius 1 is 1.25 bits per heavy atom. The van der Waals surface area contributed by atoms with E-state index in [-0.39, 0.29) is 18.2 Å². The number of hydrogen-bond acceptors (Lipinski definition) is 3. The van der Waals surface area contributed by atoms with Crippen molar-refractivity contribution in [3.05, 3.63) is 53.6 Å². The quantitative estimate of drug-likeness (QED) is 0.908. The van der Waals surface area contributed by atoms with Crippen LogP contribution in [0.1, 0.15) is 24.5 Å². The number of rotatable bonds is 4. The third-order valence-corrected chi connectivity index (χ3v) is 3.94. The van der Waals surface area contributed by atoms with E-state index in [0.29, 0.717) is 24.5 Å². The normalized spacial score (nSPS) is 13.3. The average molecular weight is 324 g/mol. The molecule has 2 amide bonds. The van der Waals surface area contributed by atoms with E-state index < -0.39 is 0 Å². The number of para-hydroxylation sites is 1. The van der Waals surface area contributed by atoms with Crippen LogP contribution in [0.15, 0.2) is 42.5 Å². The Kier molecular flexibility index (Phi) is 4.79. The number of ether oxygens (including phenoxy) is 1. The first kappa shape index (κ1) is 16.1. The monoisotopic (exact) mass is 324 g/mol. The molecule has 0 radical (unpaired) electrons. The highest BCUT2D eigenvalue weighted by molar-refractivity contribution is 5.95. The first-order valence-corrected chi connectivity index (χ1v) is 8.09. The lowest BCUT2D eigenvalue weighted by Gasteiger charge is -2.11. The molecule has 0 aromatic heterocycles. The topological polar surface area (TPSA) is 67.4 Å². The Balaban J connectivity index is 1.72. The van der Waals surface area contributed by atoms with Crippen LogP contribution in [0, 0.1) is 0 Å². The number of carbonyl (C=O) groups is 2. The van der Waals surface area contributed by atoms with E-state index in [1.165, 1.54) is 0 Å². The third-order valence-electron chi connectivity index (χ3n) is 3.94. The van der Waals surface area contributed by atoms with Gasteiger partial charge in [-0.1, -0.05) is 31.2 Å². The number of amides is 2. The molecule has 124 valence electrons. The van der Waals surface area contributed by atoms with Gasteiger partial charge in [-0.15, -0.1) is 0 Å². The SMILES string of the molecule is CCc1ccccc1NC(=O)Cc1ccc2c(c1)NC(=O)CCO2. The van der Waals surface area contributed by atoms with E-state index in [9.17, 15) is 9.59 Å². The molecule has 0 bridgehead atoms. The first-order chi connectivity index (χ1) is 11.7. The van der Waals surface area contributed by atoms with Crippen molar-refractivity contribution in [1.82, 2.24) is 0 Å². The van der Waals surface area contributed by atoms with Gasteiger partial charge in [0.1, 0.15) is 5.75 Å². The minimum Gasteiger partial charge on any atom is -0.491 e. The fraction of sp³-hybridized carbons (Fsp3) is 0.263. The molecule has 0 unspecified atom stereocenters. The van der Waals surface area contributed by atoms with Crippen molar-refractivity contribution in [3.8, 4) is 5.75 Å². The van der Waals surface area contributed by atoms with E-state index in [1.54, 1.807) is 12.1 Å². The van der Waals surface area contributed by atoms with Gasteiger partial charge in [0, 0.05) is 5.69 Å². The molecule has 1 heterocycles. The number of fused-ring (bicyclic) bond motifs is 1. The van der Waals surface area contributed by atoms with E-state index in [2.05, 4.69) is 17.6 Å². The van der Waals surface area contributed by atoms with Gasteiger partial charge in [-0.2, -0.15) is 0 Å². The minimum absolute atomic E-state index is 0.0766. The summed E-state index contributed by atoms with van der Waals surface area (Å²) in [6, 6.07) is 13.2. The van der Waals surface area contributed by atoms with Gasteiger partial charge in [0.15, 0.2) is 0 Å². The Hall–Kier alpha value is -2.82. The number of aryl methyl sites for hydroxylation is 1. The molecule has 0 fully saturated rings. The fourth-order valence-corrected chi connectivity index (χ4v) is 2.71. The van der Waals surface area contributed by atoms with Gasteiger partial charge in [0.2, 0.25) is 11.8 Å². The molecule has 3 rings (SSSR count). The average Bonchev–Trinajstić information content (AvgIpc) is 2.75. The zero-order valence-electron chi connectivity index (χ0n) is 13.6. The standard InChI is InChI=1S/C19H20N2O3/c1-2-14-5-3-4-6-15(14)20-19(23)12-13-7-8-17-16(11-13)21-18(22)9-10-24-17/h3-8,11H,2,9-10,12H2,1H3,(H,20,23)(H,21,22). The Morgan fingerprint density at radius 3 is 2.92 bits per heavy atom. The summed E-state index contributed by atoms with van der Waals surface area (Å²) in [4.78, 5) is 23.9. The van der Waals surface area contributed by atoms with E-state index >= 15 is 0 Å². The zero-order valence-corrected chi connectivity index (χ0v) is 13.6. The summed E-state index contributed by atoms with van der Waals surface area (Å²) in [5, 5.41) is 5.76. The highest BCUT2D eigenvalue weighted by atomic mass is 16.5. The van der Waals surface area contributed by atoms with E-state index in [4.69, 9.17) is 4.74 Å². The lowest BCUT2D eigenvalue weighted by Crippen LogP contribution is -2.16. The molecule has 0 aliphatic carbocycles. The van der Waals surface area contributed by atoms with Crippen LogP contribution in [-0.2, 0) is 22.4 Å². The van der Waals surface area contributed by atoms with Crippen LogP contribution < -0.4 is 15.4 Å². The van der Waals surface area contributed by atoms with Gasteiger partial charge in [0.05, 0.1) is 25.1 Å². The molecule has 2 aromatic rings. The lowest BCUT2D eigenvalue weighted by atomic mass is 10.1. The molecule has 1 aliphatic rings. The number of hydrogen-bond donors (Lipinski definition) is 2. The van der Waals surface area contributed by atoms with Gasteiger partial charge in [0.25, 0.3) is 0 Å². The molecule has 0 atom stereocenters. The number of anilines is 2. The Morgan fingerprint density at radius 2 is 2.08 bits per heavy atom. The number of carbonyl (C=O) groups excluding carboxylic acids is 2. The van der Waals surface area contributed by atoms with Crippen LogP contribution in [0.3, 0.4) is 0 Å². The predicted molar refractivity (Wildman–Crippen MR) is 93.3 cm³/mol. The molecular formula is C19H20N2O3. The first-order valence-electron chi connectivity index (χ1n) is 8.09. The molecular weight excluding hydrogens is 304 g/mol. The van der Waals surface area contributed by atoms with Crippen molar-refractivity contribution < 1.29 is 14.3 Å². The predicted octanol–water partition coefficient (Wildman–Crippen LogP) is 3.15. The number of nitrogens with one attached hydrogen (secondary N) is 2. The largest absolute Gasteiger partial charge is 0.491 e. The summed E-state index contributed by atoms with van der Waals surface area (Å²) in [5.74, 6) is 0.477. The van der Waals surface area contributed by atoms with Gasteiger partial charge in [-0.3, -0.25) is 9.59 Å². The molecule has 0 saturated heterocycles. The summed E-state index contributed by atoms with van der Waals surface area (Å²) < 4.78 is 5.52. The molecule has 1 aliphatic heterocycles. The summed E-state index contributed by atoms with van der Waals surface area (Å²) in [7, 11) is 0. The summed E-state index contributed by atoms with van der Waals surface area (Å²) in [6.07, 6.45) is 1.43. The Labute approximate surface area is 141 Å². The van der Waals surface area contributed by atoms with Gasteiger partial charge >= 0.3 is 0 Å². The van der Waals surface area contributed by atoms with Crippen molar-refractivity contribution in [2.75, 3.05) is 17.2 Å². The highest BCUT2D eigenvalue weighted by Crippen LogP contribution is 2.28. The molecule has 24 heavy (non-hydrogen) atoms. The second-order valence-corrected chi connectivity index (χ2v) is 5.71. The lowest BCUT2D eigenvalue weighted by molar-refractivity contribution is -0.116. The van der Waals surface area contributed by atoms with Crippen LogP contribution in [0.4, 0.5) is 11.4 Å². The third kappa shape index (κ3) is 3.74. The van der Waals surface area contributed by atoms with Crippen LogP contribution in [0.25, 0.3) is 0 Å². The smallest absolute Gasteiger partial charge is 0.228 e. The van der Waals surface area contributed by atoms with Crippen molar-refractivity contribution in [1.29, 1.82) is 0 Å². The van der Waals surface area contributed by atoms with E-state index in [1.807, 2.05) is 30.3 Å². The Bertz CT molecular complexity index is 771. The van der Waals surface area contributed by atoms with E-state index in [0.717, 1.165) is 23.2 Å². The zero-order chi connectivity index (χ0) is 16.9. The molecule has 5 nitrogen and oxygen atoms in total. The van der Waals surface area contributed by atoms with Crippen LogP contribution in [0.2, 0.25) is 0 Å². The molecule has 0 spiro atoms. The summed E-state index contributed by atoms with van der Waals surface area (Å²) in [5.41, 5.74) is 3.40. The summed E-state index contributed by atoms with van der Waals surface area (Å²) >= 11 is 0. The van der Waals surface area contributed by atoms with Crippen LogP contribution >= 0.6 is 0 Å². The second-order valence-electron chi connectivity index (χ2n) is 5.71.